The average Bonchev–Trinajstić information content (AvgIpc) is 2.98. The molecule has 0 aliphatic carbocycles. The van der Waals surface area contributed by atoms with Gasteiger partial charge in [-0.2, -0.15) is 5.10 Å². The molecular formula is C13H21N3O. The number of rotatable bonds is 3. The van der Waals surface area contributed by atoms with Gasteiger partial charge >= 0.3 is 0 Å². The summed E-state index contributed by atoms with van der Waals surface area (Å²) in [6.07, 6.45) is 6.06. The van der Waals surface area contributed by atoms with Crippen molar-refractivity contribution in [1.82, 2.24) is 14.7 Å². The molecule has 4 nitrogen and oxygen atoms in total. The van der Waals surface area contributed by atoms with E-state index in [1.807, 2.05) is 16.9 Å². The van der Waals surface area contributed by atoms with E-state index in [1.54, 1.807) is 0 Å². The topological polar surface area (TPSA) is 41.3 Å². The monoisotopic (exact) mass is 235 g/mol. The molecule has 0 amide bonds. The van der Waals surface area contributed by atoms with E-state index < -0.39 is 5.60 Å². The van der Waals surface area contributed by atoms with Crippen LogP contribution in [0.2, 0.25) is 0 Å². The zero-order chi connectivity index (χ0) is 11.9. The maximum atomic E-state index is 11.0. The van der Waals surface area contributed by atoms with Gasteiger partial charge in [0.25, 0.3) is 0 Å². The number of aliphatic hydroxyl groups is 1. The maximum absolute atomic E-state index is 11.0. The van der Waals surface area contributed by atoms with Gasteiger partial charge in [-0.15, -0.1) is 0 Å². The van der Waals surface area contributed by atoms with Crippen LogP contribution in [0.15, 0.2) is 12.3 Å². The number of aromatic nitrogens is 2. The molecular weight excluding hydrogens is 214 g/mol. The first kappa shape index (κ1) is 11.2. The van der Waals surface area contributed by atoms with E-state index >= 15 is 0 Å². The number of fused-ring (bicyclic) bond motifs is 1. The molecule has 2 aliphatic heterocycles. The van der Waals surface area contributed by atoms with Gasteiger partial charge in [-0.3, -0.25) is 9.58 Å². The van der Waals surface area contributed by atoms with Crippen LogP contribution < -0.4 is 0 Å². The van der Waals surface area contributed by atoms with Crippen LogP contribution in [0.25, 0.3) is 0 Å². The van der Waals surface area contributed by atoms with E-state index in [4.69, 9.17) is 0 Å². The molecule has 4 heteroatoms. The lowest BCUT2D eigenvalue weighted by Crippen LogP contribution is -2.40. The highest BCUT2D eigenvalue weighted by atomic mass is 16.3. The molecule has 2 atom stereocenters. The van der Waals surface area contributed by atoms with Crippen LogP contribution in [0.5, 0.6) is 0 Å². The lowest BCUT2D eigenvalue weighted by atomic mass is 9.89. The summed E-state index contributed by atoms with van der Waals surface area (Å²) in [7, 11) is 0. The lowest BCUT2D eigenvalue weighted by Gasteiger charge is -2.30. The van der Waals surface area contributed by atoms with Gasteiger partial charge in [-0.05, 0) is 38.3 Å². The van der Waals surface area contributed by atoms with Crippen LogP contribution in [-0.2, 0) is 12.1 Å². The Balaban J connectivity index is 1.93. The van der Waals surface area contributed by atoms with Crippen LogP contribution in [0, 0.1) is 0 Å². The fraction of sp³-hybridized carbons (Fsp3) is 0.769. The molecule has 3 rings (SSSR count). The predicted molar refractivity (Wildman–Crippen MR) is 65.6 cm³/mol. The fourth-order valence-electron chi connectivity index (χ4n) is 3.50. The summed E-state index contributed by atoms with van der Waals surface area (Å²) in [4.78, 5) is 2.43. The molecule has 1 aromatic heterocycles. The van der Waals surface area contributed by atoms with Gasteiger partial charge in [0.05, 0.1) is 5.69 Å². The third-order valence-corrected chi connectivity index (χ3v) is 4.29. The largest absolute Gasteiger partial charge is 0.382 e. The Morgan fingerprint density at radius 1 is 1.53 bits per heavy atom. The summed E-state index contributed by atoms with van der Waals surface area (Å²) in [5.74, 6) is 0. The van der Waals surface area contributed by atoms with Crippen molar-refractivity contribution in [2.45, 2.75) is 50.8 Å². The standard InChI is InChI=1S/C13H21N3O/c1-2-8-16-12(5-7-14-16)13(17)6-10-15-9-3-4-11(13)15/h5,7,11,17H,2-4,6,8-10H2,1H3. The predicted octanol–water partition coefficient (Wildman–Crippen LogP) is 1.35. The molecule has 94 valence electrons. The van der Waals surface area contributed by atoms with Crippen molar-refractivity contribution >= 4 is 0 Å². The summed E-state index contributed by atoms with van der Waals surface area (Å²) < 4.78 is 1.99. The second-order valence-electron chi connectivity index (χ2n) is 5.31. The van der Waals surface area contributed by atoms with E-state index in [-0.39, 0.29) is 0 Å². The molecule has 2 aliphatic rings. The molecule has 0 aromatic carbocycles. The van der Waals surface area contributed by atoms with Crippen molar-refractivity contribution < 1.29 is 5.11 Å². The first-order valence-electron chi connectivity index (χ1n) is 6.74. The smallest absolute Gasteiger partial charge is 0.123 e. The minimum Gasteiger partial charge on any atom is -0.382 e. The Kier molecular flexibility index (Phi) is 2.71. The molecule has 2 saturated heterocycles. The van der Waals surface area contributed by atoms with Crippen molar-refractivity contribution in [2.24, 2.45) is 0 Å². The number of nitrogens with zero attached hydrogens (tertiary/aromatic N) is 3. The van der Waals surface area contributed by atoms with Crippen LogP contribution in [0.1, 0.15) is 38.3 Å². The second kappa shape index (κ2) is 4.10. The van der Waals surface area contributed by atoms with Crippen molar-refractivity contribution in [3.8, 4) is 0 Å². The Morgan fingerprint density at radius 3 is 3.24 bits per heavy atom. The van der Waals surface area contributed by atoms with E-state index in [0.717, 1.165) is 44.6 Å². The van der Waals surface area contributed by atoms with Gasteiger partial charge in [0.15, 0.2) is 0 Å². The fourth-order valence-corrected chi connectivity index (χ4v) is 3.50. The molecule has 17 heavy (non-hydrogen) atoms. The Bertz CT molecular complexity index is 403. The lowest BCUT2D eigenvalue weighted by molar-refractivity contribution is 0.00108. The van der Waals surface area contributed by atoms with Crippen LogP contribution in [-0.4, -0.2) is 38.9 Å². The molecule has 0 bridgehead atoms. The average molecular weight is 235 g/mol. The van der Waals surface area contributed by atoms with E-state index in [0.29, 0.717) is 6.04 Å². The molecule has 0 saturated carbocycles. The summed E-state index contributed by atoms with van der Waals surface area (Å²) in [6, 6.07) is 2.31. The number of hydrogen-bond donors (Lipinski definition) is 1. The molecule has 2 fully saturated rings. The third-order valence-electron chi connectivity index (χ3n) is 4.29. The number of hydrogen-bond acceptors (Lipinski definition) is 3. The van der Waals surface area contributed by atoms with Gasteiger partial charge in [-0.25, -0.2) is 0 Å². The molecule has 1 N–H and O–H groups in total. The molecule has 2 unspecified atom stereocenters. The first-order valence-corrected chi connectivity index (χ1v) is 6.74. The van der Waals surface area contributed by atoms with Gasteiger partial charge in [0, 0.05) is 25.3 Å². The Morgan fingerprint density at radius 2 is 2.41 bits per heavy atom. The van der Waals surface area contributed by atoms with E-state index in [1.165, 1.54) is 6.42 Å². The van der Waals surface area contributed by atoms with Crippen LogP contribution >= 0.6 is 0 Å². The van der Waals surface area contributed by atoms with E-state index in [2.05, 4.69) is 16.9 Å². The quantitative estimate of drug-likeness (QED) is 0.860. The highest BCUT2D eigenvalue weighted by Gasteiger charge is 2.50. The summed E-state index contributed by atoms with van der Waals surface area (Å²) in [6.45, 7) is 5.22. The SMILES string of the molecule is CCCn1nccc1C1(O)CCN2CCCC21. The van der Waals surface area contributed by atoms with Gasteiger partial charge in [0.2, 0.25) is 0 Å². The molecule has 0 radical (unpaired) electrons. The molecule has 3 heterocycles. The van der Waals surface area contributed by atoms with Gasteiger partial charge < -0.3 is 5.11 Å². The highest BCUT2D eigenvalue weighted by Crippen LogP contribution is 2.42. The zero-order valence-corrected chi connectivity index (χ0v) is 10.5. The molecule has 1 aromatic rings. The third kappa shape index (κ3) is 1.62. The minimum atomic E-state index is -0.665. The second-order valence-corrected chi connectivity index (χ2v) is 5.31. The van der Waals surface area contributed by atoms with E-state index in [9.17, 15) is 5.11 Å². The molecule has 0 spiro atoms. The number of aryl methyl sites for hydroxylation is 1. The highest BCUT2D eigenvalue weighted by molar-refractivity contribution is 5.19. The maximum Gasteiger partial charge on any atom is 0.123 e. The zero-order valence-electron chi connectivity index (χ0n) is 10.5. The minimum absolute atomic E-state index is 0.315. The van der Waals surface area contributed by atoms with Gasteiger partial charge in [0.1, 0.15) is 5.60 Å². The first-order chi connectivity index (χ1) is 8.25. The summed E-state index contributed by atoms with van der Waals surface area (Å²) in [5, 5.41) is 15.4. The van der Waals surface area contributed by atoms with Crippen molar-refractivity contribution in [2.75, 3.05) is 13.1 Å². The summed E-state index contributed by atoms with van der Waals surface area (Å²) in [5.41, 5.74) is 0.357. The van der Waals surface area contributed by atoms with Crippen molar-refractivity contribution in [3.05, 3.63) is 18.0 Å². The Labute approximate surface area is 102 Å². The van der Waals surface area contributed by atoms with Crippen molar-refractivity contribution in [1.29, 1.82) is 0 Å². The van der Waals surface area contributed by atoms with Crippen molar-refractivity contribution in [3.63, 3.8) is 0 Å². The summed E-state index contributed by atoms with van der Waals surface area (Å²) >= 11 is 0. The normalized spacial score (nSPS) is 33.2. The Hall–Kier alpha value is -0.870. The van der Waals surface area contributed by atoms with Crippen LogP contribution in [0.3, 0.4) is 0 Å². The van der Waals surface area contributed by atoms with Crippen LogP contribution in [0.4, 0.5) is 0 Å². The van der Waals surface area contributed by atoms with Gasteiger partial charge in [-0.1, -0.05) is 6.92 Å².